The van der Waals surface area contributed by atoms with Crippen molar-refractivity contribution in [2.75, 3.05) is 18.5 Å². The number of anilines is 1. The van der Waals surface area contributed by atoms with Crippen molar-refractivity contribution < 1.29 is 27.8 Å². The number of alkyl halides is 3. The number of aliphatic hydroxyl groups is 1. The van der Waals surface area contributed by atoms with Gasteiger partial charge in [0.25, 0.3) is 0 Å². The molecule has 0 radical (unpaired) electrons. The predicted octanol–water partition coefficient (Wildman–Crippen LogP) is 4.68. The molecule has 2 fully saturated rings. The average molecular weight is 539 g/mol. The average Bonchev–Trinajstić information content (AvgIpc) is 3.49. The van der Waals surface area contributed by atoms with Crippen LogP contribution in [0.5, 0.6) is 0 Å². The number of fused-ring (bicyclic) bond motifs is 2. The molecule has 4 atom stereocenters. The number of aliphatic hydroxyl groups excluding tert-OH is 1. The maximum atomic E-state index is 13.0. The highest BCUT2D eigenvalue weighted by Crippen LogP contribution is 2.47. The van der Waals surface area contributed by atoms with Crippen molar-refractivity contribution in [2.24, 2.45) is 5.92 Å². The molecule has 2 aliphatic rings. The van der Waals surface area contributed by atoms with Gasteiger partial charge in [-0.25, -0.2) is 14.6 Å². The molecule has 2 aromatic heterocycles. The Morgan fingerprint density at radius 1 is 1.16 bits per heavy atom. The van der Waals surface area contributed by atoms with E-state index in [2.05, 4.69) is 27.5 Å². The van der Waals surface area contributed by atoms with Crippen LogP contribution < -0.4 is 5.32 Å². The molecule has 2 N–H and O–H groups in total. The van der Waals surface area contributed by atoms with E-state index in [9.17, 15) is 18.3 Å². The lowest BCUT2D eigenvalue weighted by molar-refractivity contribution is -0.162. The van der Waals surface area contributed by atoms with Crippen LogP contribution in [0, 0.1) is 5.92 Å². The van der Waals surface area contributed by atoms with E-state index in [0.29, 0.717) is 40.0 Å². The molecule has 1 aliphatic carbocycles. The lowest BCUT2D eigenvalue weighted by Gasteiger charge is -2.23. The first-order valence-corrected chi connectivity index (χ1v) is 13.1. The normalized spacial score (nSPS) is 25.1. The smallest absolute Gasteiger partial charge is 0.396 e. The van der Waals surface area contributed by atoms with Gasteiger partial charge in [-0.05, 0) is 62.7 Å². The number of hydrogen-bond acceptors (Lipinski definition) is 9. The van der Waals surface area contributed by atoms with Gasteiger partial charge in [-0.1, -0.05) is 18.6 Å². The zero-order chi connectivity index (χ0) is 26.4. The second kappa shape index (κ2) is 10.0. The number of hydrogen-bond donors (Lipinski definition) is 2. The van der Waals surface area contributed by atoms with Crippen LogP contribution in [0.3, 0.4) is 0 Å². The molecule has 0 bridgehead atoms. The fourth-order valence-electron chi connectivity index (χ4n) is 4.88. The second-order valence-corrected chi connectivity index (χ2v) is 10.8. The summed E-state index contributed by atoms with van der Waals surface area (Å²) in [5.74, 6) is -0.402. The first-order chi connectivity index (χ1) is 17.6. The number of nitrogens with zero attached hydrogens (tertiary/aromatic N) is 5. The second-order valence-electron chi connectivity index (χ2n) is 9.78. The molecule has 3 aromatic rings. The summed E-state index contributed by atoms with van der Waals surface area (Å²) in [6, 6.07) is 4.62. The minimum atomic E-state index is -4.40. The fourth-order valence-corrected chi connectivity index (χ4v) is 5.63. The zero-order valence-electron chi connectivity index (χ0n) is 20.7. The van der Waals surface area contributed by atoms with Gasteiger partial charge < -0.3 is 19.9 Å². The quantitative estimate of drug-likeness (QED) is 0.312. The van der Waals surface area contributed by atoms with E-state index in [1.54, 1.807) is 4.68 Å². The van der Waals surface area contributed by atoms with E-state index in [-0.39, 0.29) is 30.8 Å². The maximum Gasteiger partial charge on any atom is 0.416 e. The molecule has 37 heavy (non-hydrogen) atoms. The van der Waals surface area contributed by atoms with Crippen molar-refractivity contribution in [2.45, 2.75) is 80.3 Å². The Labute approximate surface area is 216 Å². The number of nitrogens with one attached hydrogen (secondary N) is 1. The molecule has 3 heterocycles. The monoisotopic (exact) mass is 538 g/mol. The standard InChI is InChI=1S/C24H29F3N6O3S/c1-4-5-10-28-20-17-21(30-22(29-20)37-15-8-6-14(7-9-15)24(25,26)27)33(32-31-17)16-11-13(12-34)18-19(16)36-23(2,3)35-18/h6-9,13,16,18-19,34H,4-5,10-12H2,1-3H3,(H,28,29,30). The van der Waals surface area contributed by atoms with Gasteiger partial charge in [0, 0.05) is 24.0 Å². The van der Waals surface area contributed by atoms with Gasteiger partial charge in [0.1, 0.15) is 6.10 Å². The van der Waals surface area contributed by atoms with E-state index >= 15 is 0 Å². The van der Waals surface area contributed by atoms with E-state index in [1.165, 1.54) is 12.1 Å². The van der Waals surface area contributed by atoms with Crippen molar-refractivity contribution in [1.82, 2.24) is 25.0 Å². The van der Waals surface area contributed by atoms with Crippen molar-refractivity contribution in [3.63, 3.8) is 0 Å². The van der Waals surface area contributed by atoms with Crippen molar-refractivity contribution >= 4 is 28.7 Å². The van der Waals surface area contributed by atoms with Crippen LogP contribution in [0.1, 0.15) is 51.6 Å². The molecule has 0 spiro atoms. The largest absolute Gasteiger partial charge is 0.416 e. The molecule has 1 saturated heterocycles. The van der Waals surface area contributed by atoms with Crippen LogP contribution >= 0.6 is 11.8 Å². The van der Waals surface area contributed by atoms with Crippen LogP contribution in [0.4, 0.5) is 19.0 Å². The topological polar surface area (TPSA) is 107 Å². The molecule has 1 saturated carbocycles. The number of unbranched alkanes of at least 4 members (excludes halogenated alkanes) is 1. The highest BCUT2D eigenvalue weighted by molar-refractivity contribution is 7.99. The summed E-state index contributed by atoms with van der Waals surface area (Å²) in [6.45, 7) is 6.39. The summed E-state index contributed by atoms with van der Waals surface area (Å²) in [5, 5.41) is 22.4. The summed E-state index contributed by atoms with van der Waals surface area (Å²) < 4.78 is 52.9. The highest BCUT2D eigenvalue weighted by atomic mass is 32.2. The Morgan fingerprint density at radius 3 is 2.57 bits per heavy atom. The van der Waals surface area contributed by atoms with Crippen LogP contribution in [-0.2, 0) is 15.7 Å². The lowest BCUT2D eigenvalue weighted by Crippen LogP contribution is -2.28. The van der Waals surface area contributed by atoms with Gasteiger partial charge in [-0.3, -0.25) is 0 Å². The first-order valence-electron chi connectivity index (χ1n) is 12.3. The summed E-state index contributed by atoms with van der Waals surface area (Å²) in [5.41, 5.74) is 0.266. The van der Waals surface area contributed by atoms with Crippen LogP contribution in [-0.4, -0.2) is 61.2 Å². The maximum absolute atomic E-state index is 13.0. The van der Waals surface area contributed by atoms with Crippen LogP contribution in [0.15, 0.2) is 34.3 Å². The van der Waals surface area contributed by atoms with Gasteiger partial charge in [-0.2, -0.15) is 13.2 Å². The highest BCUT2D eigenvalue weighted by Gasteiger charge is 2.55. The number of benzene rings is 1. The third-order valence-corrected chi connectivity index (χ3v) is 7.49. The molecule has 4 unspecified atom stereocenters. The summed E-state index contributed by atoms with van der Waals surface area (Å²) in [7, 11) is 0. The van der Waals surface area contributed by atoms with Crippen LogP contribution in [0.25, 0.3) is 11.2 Å². The van der Waals surface area contributed by atoms with Crippen molar-refractivity contribution in [1.29, 1.82) is 0 Å². The van der Waals surface area contributed by atoms with Gasteiger partial charge in [0.15, 0.2) is 27.9 Å². The van der Waals surface area contributed by atoms with E-state index < -0.39 is 17.5 Å². The molecule has 200 valence electrons. The Bertz CT molecular complexity index is 1250. The van der Waals surface area contributed by atoms with Gasteiger partial charge in [0.05, 0.1) is 17.7 Å². The Hall–Kier alpha value is -2.48. The minimum absolute atomic E-state index is 0.0441. The van der Waals surface area contributed by atoms with Gasteiger partial charge in [-0.15, -0.1) is 5.10 Å². The number of ether oxygens (including phenoxy) is 2. The number of halogens is 3. The minimum Gasteiger partial charge on any atom is -0.396 e. The van der Waals surface area contributed by atoms with Crippen LogP contribution in [0.2, 0.25) is 0 Å². The van der Waals surface area contributed by atoms with Crippen molar-refractivity contribution in [3.05, 3.63) is 29.8 Å². The SMILES string of the molecule is CCCCNc1nc(Sc2ccc(C(F)(F)F)cc2)nc2c1nnn2C1CC(CO)C2OC(C)(C)OC21. The molecule has 1 aliphatic heterocycles. The van der Waals surface area contributed by atoms with Gasteiger partial charge in [0.2, 0.25) is 0 Å². The summed E-state index contributed by atoms with van der Waals surface area (Å²) in [4.78, 5) is 9.88. The first kappa shape index (κ1) is 26.1. The third-order valence-electron chi connectivity index (χ3n) is 6.62. The predicted molar refractivity (Wildman–Crippen MR) is 130 cm³/mol. The van der Waals surface area contributed by atoms with E-state index in [4.69, 9.17) is 14.5 Å². The van der Waals surface area contributed by atoms with Crippen molar-refractivity contribution in [3.8, 4) is 0 Å². The molecular formula is C24H29F3N6O3S. The Balaban J connectivity index is 1.51. The zero-order valence-corrected chi connectivity index (χ0v) is 21.5. The Morgan fingerprint density at radius 2 is 1.89 bits per heavy atom. The summed E-state index contributed by atoms with van der Waals surface area (Å²) in [6.07, 6.45) is -2.54. The summed E-state index contributed by atoms with van der Waals surface area (Å²) >= 11 is 1.16. The third kappa shape index (κ3) is 5.27. The van der Waals surface area contributed by atoms with Gasteiger partial charge >= 0.3 is 6.18 Å². The molecule has 0 amide bonds. The molecular weight excluding hydrogens is 509 g/mol. The van der Waals surface area contributed by atoms with E-state index in [1.807, 2.05) is 13.8 Å². The number of aromatic nitrogens is 5. The fraction of sp³-hybridized carbons (Fsp3) is 0.583. The lowest BCUT2D eigenvalue weighted by atomic mass is 10.1. The Kier molecular flexibility index (Phi) is 7.07. The molecule has 9 nitrogen and oxygen atoms in total. The van der Waals surface area contributed by atoms with E-state index in [0.717, 1.165) is 36.7 Å². The molecule has 13 heteroatoms. The molecule has 1 aromatic carbocycles. The molecule has 5 rings (SSSR count). The number of rotatable bonds is 8.